The predicted octanol–water partition coefficient (Wildman–Crippen LogP) is 2.62. The van der Waals surface area contributed by atoms with Crippen molar-refractivity contribution in [3.8, 4) is 17.6 Å². The van der Waals surface area contributed by atoms with E-state index in [-0.39, 0.29) is 6.61 Å². The highest BCUT2D eigenvalue weighted by atomic mass is 16.5. The molecule has 1 aromatic carbocycles. The van der Waals surface area contributed by atoms with Crippen molar-refractivity contribution in [2.75, 3.05) is 6.61 Å². The third kappa shape index (κ3) is 3.84. The van der Waals surface area contributed by atoms with Crippen LogP contribution in [0.1, 0.15) is 22.5 Å². The number of rotatable bonds is 3. The lowest BCUT2D eigenvalue weighted by molar-refractivity contribution is 0.300. The SMILES string of the molecule is Cc1ccc(OCc2cccc(C)n2)c(C#CCO)c1. The molecule has 0 atom stereocenters. The largest absolute Gasteiger partial charge is 0.486 e. The lowest BCUT2D eigenvalue weighted by Crippen LogP contribution is -2.00. The number of pyridine rings is 1. The Bertz CT molecular complexity index is 654. The fourth-order valence-corrected chi connectivity index (χ4v) is 1.83. The number of aliphatic hydroxyl groups excluding tert-OH is 1. The van der Waals surface area contributed by atoms with Gasteiger partial charge < -0.3 is 9.84 Å². The smallest absolute Gasteiger partial charge is 0.135 e. The van der Waals surface area contributed by atoms with Gasteiger partial charge in [0.2, 0.25) is 0 Å². The van der Waals surface area contributed by atoms with E-state index in [1.165, 1.54) is 0 Å². The number of benzene rings is 1. The third-order valence-electron chi connectivity index (χ3n) is 2.76. The fourth-order valence-electron chi connectivity index (χ4n) is 1.83. The van der Waals surface area contributed by atoms with Gasteiger partial charge in [0.05, 0.1) is 11.3 Å². The number of hydrogen-bond acceptors (Lipinski definition) is 3. The minimum absolute atomic E-state index is 0.160. The molecule has 0 aliphatic heterocycles. The average molecular weight is 267 g/mol. The molecule has 2 aromatic rings. The molecule has 0 bridgehead atoms. The predicted molar refractivity (Wildman–Crippen MR) is 78.4 cm³/mol. The van der Waals surface area contributed by atoms with E-state index >= 15 is 0 Å². The average Bonchev–Trinajstić information content (AvgIpc) is 2.44. The molecule has 2 rings (SSSR count). The van der Waals surface area contributed by atoms with Crippen molar-refractivity contribution < 1.29 is 9.84 Å². The minimum Gasteiger partial charge on any atom is -0.486 e. The zero-order valence-electron chi connectivity index (χ0n) is 11.7. The van der Waals surface area contributed by atoms with Gasteiger partial charge in [-0.3, -0.25) is 4.98 Å². The van der Waals surface area contributed by atoms with Crippen LogP contribution >= 0.6 is 0 Å². The Labute approximate surface area is 119 Å². The van der Waals surface area contributed by atoms with Crippen LogP contribution in [0.4, 0.5) is 0 Å². The van der Waals surface area contributed by atoms with Crippen LogP contribution in [0.2, 0.25) is 0 Å². The van der Waals surface area contributed by atoms with Gasteiger partial charge in [0.25, 0.3) is 0 Å². The monoisotopic (exact) mass is 267 g/mol. The summed E-state index contributed by atoms with van der Waals surface area (Å²) in [6.45, 7) is 4.19. The first-order valence-electron chi connectivity index (χ1n) is 6.45. The summed E-state index contributed by atoms with van der Waals surface area (Å²) >= 11 is 0. The van der Waals surface area contributed by atoms with Crippen LogP contribution in [0.3, 0.4) is 0 Å². The van der Waals surface area contributed by atoms with E-state index in [0.29, 0.717) is 12.4 Å². The molecule has 1 aromatic heterocycles. The molecular weight excluding hydrogens is 250 g/mol. The van der Waals surface area contributed by atoms with Crippen molar-refractivity contribution in [2.45, 2.75) is 20.5 Å². The maximum atomic E-state index is 8.80. The standard InChI is InChI=1S/C17H17NO2/c1-13-8-9-17(15(11-13)6-4-10-19)20-12-16-7-3-5-14(2)18-16/h3,5,7-9,11,19H,10,12H2,1-2H3. The number of hydrogen-bond donors (Lipinski definition) is 1. The zero-order valence-corrected chi connectivity index (χ0v) is 11.7. The topological polar surface area (TPSA) is 42.4 Å². The van der Waals surface area contributed by atoms with Crippen molar-refractivity contribution in [1.82, 2.24) is 4.98 Å². The highest BCUT2D eigenvalue weighted by molar-refractivity contribution is 5.48. The summed E-state index contributed by atoms with van der Waals surface area (Å²) in [7, 11) is 0. The van der Waals surface area contributed by atoms with Crippen molar-refractivity contribution in [2.24, 2.45) is 0 Å². The Kier molecular flexibility index (Phi) is 4.75. The second-order valence-corrected chi connectivity index (χ2v) is 4.52. The lowest BCUT2D eigenvalue weighted by Gasteiger charge is -2.09. The van der Waals surface area contributed by atoms with Crippen LogP contribution in [0.15, 0.2) is 36.4 Å². The molecule has 20 heavy (non-hydrogen) atoms. The van der Waals surface area contributed by atoms with Gasteiger partial charge in [-0.2, -0.15) is 0 Å². The van der Waals surface area contributed by atoms with Crippen LogP contribution in [0.5, 0.6) is 5.75 Å². The van der Waals surface area contributed by atoms with E-state index < -0.39 is 0 Å². The van der Waals surface area contributed by atoms with Gasteiger partial charge >= 0.3 is 0 Å². The quantitative estimate of drug-likeness (QED) is 0.869. The number of ether oxygens (including phenoxy) is 1. The molecule has 0 saturated carbocycles. The van der Waals surface area contributed by atoms with Gasteiger partial charge in [-0.15, -0.1) is 0 Å². The summed E-state index contributed by atoms with van der Waals surface area (Å²) in [4.78, 5) is 4.40. The molecular formula is C17H17NO2. The maximum absolute atomic E-state index is 8.80. The van der Waals surface area contributed by atoms with Gasteiger partial charge in [0.1, 0.15) is 19.0 Å². The summed E-state index contributed by atoms with van der Waals surface area (Å²) in [6, 6.07) is 11.7. The Hall–Kier alpha value is -2.31. The van der Waals surface area contributed by atoms with Crippen molar-refractivity contribution >= 4 is 0 Å². The number of nitrogens with zero attached hydrogens (tertiary/aromatic N) is 1. The molecule has 0 fully saturated rings. The Morgan fingerprint density at radius 1 is 1.20 bits per heavy atom. The van der Waals surface area contributed by atoms with Gasteiger partial charge in [-0.25, -0.2) is 0 Å². The fraction of sp³-hybridized carbons (Fsp3) is 0.235. The van der Waals surface area contributed by atoms with E-state index in [1.807, 2.05) is 50.2 Å². The summed E-state index contributed by atoms with van der Waals surface area (Å²) in [6.07, 6.45) is 0. The number of aromatic nitrogens is 1. The molecule has 0 radical (unpaired) electrons. The molecule has 102 valence electrons. The lowest BCUT2D eigenvalue weighted by atomic mass is 10.1. The molecule has 3 heteroatoms. The molecule has 1 heterocycles. The normalized spacial score (nSPS) is 9.75. The molecule has 0 aliphatic rings. The van der Waals surface area contributed by atoms with E-state index in [2.05, 4.69) is 16.8 Å². The van der Waals surface area contributed by atoms with Gasteiger partial charge in [0, 0.05) is 5.69 Å². The molecule has 0 unspecified atom stereocenters. The maximum Gasteiger partial charge on any atom is 0.135 e. The molecule has 0 amide bonds. The summed E-state index contributed by atoms with van der Waals surface area (Å²) < 4.78 is 5.78. The van der Waals surface area contributed by atoms with Crippen LogP contribution < -0.4 is 4.74 Å². The van der Waals surface area contributed by atoms with E-state index in [9.17, 15) is 0 Å². The number of aliphatic hydroxyl groups is 1. The van der Waals surface area contributed by atoms with Crippen LogP contribution in [-0.4, -0.2) is 16.7 Å². The Morgan fingerprint density at radius 3 is 2.80 bits per heavy atom. The van der Waals surface area contributed by atoms with Crippen molar-refractivity contribution in [1.29, 1.82) is 0 Å². The molecule has 3 nitrogen and oxygen atoms in total. The first-order valence-corrected chi connectivity index (χ1v) is 6.45. The van der Waals surface area contributed by atoms with E-state index in [4.69, 9.17) is 9.84 Å². The van der Waals surface area contributed by atoms with Gasteiger partial charge in [-0.05, 0) is 43.7 Å². The molecule has 0 spiro atoms. The van der Waals surface area contributed by atoms with Crippen LogP contribution in [-0.2, 0) is 6.61 Å². The first-order chi connectivity index (χ1) is 9.69. The zero-order chi connectivity index (χ0) is 14.4. The van der Waals surface area contributed by atoms with Gasteiger partial charge in [-0.1, -0.05) is 24.0 Å². The van der Waals surface area contributed by atoms with Crippen molar-refractivity contribution in [3.63, 3.8) is 0 Å². The summed E-state index contributed by atoms with van der Waals surface area (Å²) in [5.74, 6) is 6.26. The third-order valence-corrected chi connectivity index (χ3v) is 2.76. The first kappa shape index (κ1) is 14.1. The summed E-state index contributed by atoms with van der Waals surface area (Å²) in [5.41, 5.74) is 3.74. The highest BCUT2D eigenvalue weighted by Crippen LogP contribution is 2.20. The summed E-state index contributed by atoms with van der Waals surface area (Å²) in [5, 5.41) is 8.80. The number of aryl methyl sites for hydroxylation is 2. The second-order valence-electron chi connectivity index (χ2n) is 4.52. The van der Waals surface area contributed by atoms with E-state index in [0.717, 1.165) is 22.5 Å². The minimum atomic E-state index is -0.160. The van der Waals surface area contributed by atoms with Crippen LogP contribution in [0.25, 0.3) is 0 Å². The van der Waals surface area contributed by atoms with E-state index in [1.54, 1.807) is 0 Å². The highest BCUT2D eigenvalue weighted by Gasteiger charge is 2.03. The molecule has 0 saturated heterocycles. The second kappa shape index (κ2) is 6.74. The Morgan fingerprint density at radius 2 is 2.05 bits per heavy atom. The molecule has 1 N–H and O–H groups in total. The van der Waals surface area contributed by atoms with Gasteiger partial charge in [0.15, 0.2) is 0 Å². The Balaban J connectivity index is 2.16. The molecule has 0 aliphatic carbocycles. The van der Waals surface area contributed by atoms with Crippen molar-refractivity contribution in [3.05, 3.63) is 58.9 Å². The van der Waals surface area contributed by atoms with Crippen LogP contribution in [0, 0.1) is 25.7 Å².